The Morgan fingerprint density at radius 1 is 1.47 bits per heavy atom. The summed E-state index contributed by atoms with van der Waals surface area (Å²) in [5.74, 6) is 0. The van der Waals surface area contributed by atoms with Gasteiger partial charge < -0.3 is 5.73 Å². The molecule has 1 unspecified atom stereocenters. The van der Waals surface area contributed by atoms with Gasteiger partial charge in [0.1, 0.15) is 11.4 Å². The summed E-state index contributed by atoms with van der Waals surface area (Å²) in [6.07, 6.45) is 3.22. The van der Waals surface area contributed by atoms with Gasteiger partial charge >= 0.3 is 0 Å². The lowest BCUT2D eigenvalue weighted by Gasteiger charge is -2.05. The van der Waals surface area contributed by atoms with Crippen LogP contribution < -0.4 is 5.73 Å². The van der Waals surface area contributed by atoms with E-state index < -0.39 is 0 Å². The number of nitrogens with zero attached hydrogens (tertiary/aromatic N) is 3. The lowest BCUT2D eigenvalue weighted by atomic mass is 10.1. The zero-order valence-corrected chi connectivity index (χ0v) is 9.03. The van der Waals surface area contributed by atoms with E-state index in [0.29, 0.717) is 0 Å². The van der Waals surface area contributed by atoms with Gasteiger partial charge in [0.15, 0.2) is 5.16 Å². The number of nitrogens with two attached hydrogens (primary N) is 1. The molecule has 2 rings (SSSR count). The maximum absolute atomic E-state index is 5.78. The first-order valence-corrected chi connectivity index (χ1v) is 5.32. The summed E-state index contributed by atoms with van der Waals surface area (Å²) >= 11 is 1.43. The largest absolute Gasteiger partial charge is 0.324 e. The minimum Gasteiger partial charge on any atom is -0.324 e. The van der Waals surface area contributed by atoms with Crippen molar-refractivity contribution >= 4 is 11.8 Å². The number of nitrogens with one attached hydrogen (secondary N) is 1. The monoisotopic (exact) mass is 221 g/mol. The standard InChI is InChI=1S/C9H11N5S/c1-6(10)7-2-3-11-8(4-7)15-9-12-5-13-14-9/h2-6H,10H2,1H3,(H,12,13,14). The highest BCUT2D eigenvalue weighted by Gasteiger charge is 2.04. The second kappa shape index (κ2) is 4.41. The SMILES string of the molecule is CC(N)c1ccnc(Sc2ncn[nH]2)c1. The van der Waals surface area contributed by atoms with E-state index in [1.54, 1.807) is 6.20 Å². The van der Waals surface area contributed by atoms with Crippen molar-refractivity contribution in [1.82, 2.24) is 20.2 Å². The van der Waals surface area contributed by atoms with Gasteiger partial charge in [-0.15, -0.1) is 0 Å². The number of pyridine rings is 1. The van der Waals surface area contributed by atoms with Gasteiger partial charge in [0.2, 0.25) is 0 Å². The van der Waals surface area contributed by atoms with Crippen molar-refractivity contribution in [3.8, 4) is 0 Å². The van der Waals surface area contributed by atoms with Gasteiger partial charge in [-0.05, 0) is 36.4 Å². The molecule has 2 aromatic heterocycles. The lowest BCUT2D eigenvalue weighted by Crippen LogP contribution is -2.04. The smallest absolute Gasteiger partial charge is 0.189 e. The first-order chi connectivity index (χ1) is 7.25. The Balaban J connectivity index is 2.18. The Hall–Kier alpha value is -1.40. The van der Waals surface area contributed by atoms with Crippen molar-refractivity contribution < 1.29 is 0 Å². The molecule has 0 saturated carbocycles. The molecule has 2 heterocycles. The van der Waals surface area contributed by atoms with E-state index in [9.17, 15) is 0 Å². The van der Waals surface area contributed by atoms with Crippen LogP contribution in [0.15, 0.2) is 34.8 Å². The maximum atomic E-state index is 5.78. The van der Waals surface area contributed by atoms with Crippen LogP contribution >= 0.6 is 11.8 Å². The molecule has 0 amide bonds. The summed E-state index contributed by atoms with van der Waals surface area (Å²) in [6, 6.07) is 3.88. The van der Waals surface area contributed by atoms with Gasteiger partial charge in [0, 0.05) is 12.2 Å². The van der Waals surface area contributed by atoms with Crippen molar-refractivity contribution in [2.45, 2.75) is 23.1 Å². The molecule has 0 saturated heterocycles. The van der Waals surface area contributed by atoms with Crippen LogP contribution in [0.25, 0.3) is 0 Å². The summed E-state index contributed by atoms with van der Waals surface area (Å²) in [6.45, 7) is 1.94. The molecule has 0 bridgehead atoms. The number of hydrogen-bond donors (Lipinski definition) is 2. The van der Waals surface area contributed by atoms with E-state index in [1.165, 1.54) is 18.1 Å². The molecule has 78 valence electrons. The fourth-order valence-electron chi connectivity index (χ4n) is 1.11. The minimum atomic E-state index is 0.0158. The maximum Gasteiger partial charge on any atom is 0.189 e. The van der Waals surface area contributed by atoms with E-state index in [-0.39, 0.29) is 6.04 Å². The number of aromatic nitrogens is 4. The molecule has 0 aromatic carbocycles. The Bertz CT molecular complexity index is 426. The van der Waals surface area contributed by atoms with Crippen molar-refractivity contribution in [1.29, 1.82) is 0 Å². The Kier molecular flexibility index (Phi) is 2.98. The molecule has 5 nitrogen and oxygen atoms in total. The lowest BCUT2D eigenvalue weighted by molar-refractivity contribution is 0.808. The fourth-order valence-corrected chi connectivity index (χ4v) is 1.81. The van der Waals surface area contributed by atoms with E-state index in [4.69, 9.17) is 5.73 Å². The first-order valence-electron chi connectivity index (χ1n) is 4.50. The van der Waals surface area contributed by atoms with Crippen molar-refractivity contribution in [3.05, 3.63) is 30.2 Å². The van der Waals surface area contributed by atoms with Crippen LogP contribution in [-0.2, 0) is 0 Å². The highest BCUT2D eigenvalue weighted by Crippen LogP contribution is 2.23. The molecule has 0 aliphatic carbocycles. The molecular weight excluding hydrogens is 210 g/mol. The second-order valence-corrected chi connectivity index (χ2v) is 4.12. The zero-order chi connectivity index (χ0) is 10.7. The average Bonchev–Trinajstić information content (AvgIpc) is 2.71. The minimum absolute atomic E-state index is 0.0158. The Labute approximate surface area is 91.5 Å². The highest BCUT2D eigenvalue weighted by atomic mass is 32.2. The molecule has 0 spiro atoms. The third-order valence-electron chi connectivity index (χ3n) is 1.88. The van der Waals surface area contributed by atoms with Crippen LogP contribution in [0.5, 0.6) is 0 Å². The van der Waals surface area contributed by atoms with Crippen LogP contribution in [0.2, 0.25) is 0 Å². The van der Waals surface area contributed by atoms with Crippen LogP contribution in [0.3, 0.4) is 0 Å². The number of aromatic amines is 1. The predicted octanol–water partition coefficient (Wildman–Crippen LogP) is 1.37. The van der Waals surface area contributed by atoms with Crippen LogP contribution in [-0.4, -0.2) is 20.2 Å². The van der Waals surface area contributed by atoms with Crippen molar-refractivity contribution in [2.75, 3.05) is 0 Å². The molecular formula is C9H11N5S. The van der Waals surface area contributed by atoms with Crippen LogP contribution in [0.1, 0.15) is 18.5 Å². The normalized spacial score (nSPS) is 12.7. The summed E-state index contributed by atoms with van der Waals surface area (Å²) < 4.78 is 0. The van der Waals surface area contributed by atoms with Gasteiger partial charge in [0.05, 0.1) is 0 Å². The van der Waals surface area contributed by atoms with Gasteiger partial charge in [-0.2, -0.15) is 5.10 Å². The third-order valence-corrected chi connectivity index (χ3v) is 2.70. The van der Waals surface area contributed by atoms with Crippen molar-refractivity contribution in [3.63, 3.8) is 0 Å². The Morgan fingerprint density at radius 3 is 3.00 bits per heavy atom. The topological polar surface area (TPSA) is 80.5 Å². The molecule has 0 aliphatic heterocycles. The first kappa shape index (κ1) is 10.1. The number of rotatable bonds is 3. The second-order valence-electron chi connectivity index (χ2n) is 3.11. The van der Waals surface area contributed by atoms with Gasteiger partial charge in [-0.3, -0.25) is 5.10 Å². The molecule has 0 fully saturated rings. The highest BCUT2D eigenvalue weighted by molar-refractivity contribution is 7.99. The van der Waals surface area contributed by atoms with Gasteiger partial charge in [0.25, 0.3) is 0 Å². The molecule has 6 heteroatoms. The third kappa shape index (κ3) is 2.54. The molecule has 1 atom stereocenters. The summed E-state index contributed by atoms with van der Waals surface area (Å²) in [5.41, 5.74) is 6.85. The van der Waals surface area contributed by atoms with Crippen LogP contribution in [0.4, 0.5) is 0 Å². The molecule has 15 heavy (non-hydrogen) atoms. The van der Waals surface area contributed by atoms with E-state index >= 15 is 0 Å². The number of H-pyrrole nitrogens is 1. The quantitative estimate of drug-likeness (QED) is 0.818. The van der Waals surface area contributed by atoms with Crippen LogP contribution in [0, 0.1) is 0 Å². The van der Waals surface area contributed by atoms with Gasteiger partial charge in [-0.1, -0.05) is 0 Å². The Morgan fingerprint density at radius 2 is 2.33 bits per heavy atom. The fraction of sp³-hybridized carbons (Fsp3) is 0.222. The van der Waals surface area contributed by atoms with Gasteiger partial charge in [-0.25, -0.2) is 9.97 Å². The molecule has 0 radical (unpaired) electrons. The zero-order valence-electron chi connectivity index (χ0n) is 8.21. The van der Waals surface area contributed by atoms with E-state index in [2.05, 4.69) is 20.2 Å². The van der Waals surface area contributed by atoms with E-state index in [1.807, 2.05) is 19.1 Å². The number of hydrogen-bond acceptors (Lipinski definition) is 5. The van der Waals surface area contributed by atoms with E-state index in [0.717, 1.165) is 15.7 Å². The average molecular weight is 221 g/mol. The van der Waals surface area contributed by atoms with Crippen molar-refractivity contribution in [2.24, 2.45) is 5.73 Å². The molecule has 2 aromatic rings. The predicted molar refractivity (Wildman–Crippen MR) is 57.3 cm³/mol. The molecule has 0 aliphatic rings. The summed E-state index contributed by atoms with van der Waals surface area (Å²) in [7, 11) is 0. The summed E-state index contributed by atoms with van der Waals surface area (Å²) in [4.78, 5) is 8.23. The summed E-state index contributed by atoms with van der Waals surface area (Å²) in [5, 5.41) is 8.12. The molecule has 3 N–H and O–H groups in total.